The third kappa shape index (κ3) is 5.24. The van der Waals surface area contributed by atoms with E-state index in [2.05, 4.69) is 34.5 Å². The number of likely N-dealkylation sites (tertiary alicyclic amines) is 1. The van der Waals surface area contributed by atoms with Crippen LogP contribution in [-0.4, -0.2) is 60.3 Å². The second kappa shape index (κ2) is 10.2. The smallest absolute Gasteiger partial charge is 0.267 e. The Kier molecular flexibility index (Phi) is 7.33. The van der Waals surface area contributed by atoms with Gasteiger partial charge in [0.15, 0.2) is 0 Å². The van der Waals surface area contributed by atoms with E-state index in [1.807, 2.05) is 6.07 Å². The average Bonchev–Trinajstić information content (AvgIpc) is 3.22. The highest BCUT2D eigenvalue weighted by molar-refractivity contribution is 7.89. The van der Waals surface area contributed by atoms with Gasteiger partial charge in [0.2, 0.25) is 10.0 Å². The van der Waals surface area contributed by atoms with Crippen LogP contribution in [0.5, 0.6) is 0 Å². The molecule has 1 aromatic carbocycles. The second-order valence-corrected chi connectivity index (χ2v) is 10.9. The highest BCUT2D eigenvalue weighted by atomic mass is 32.2. The van der Waals surface area contributed by atoms with E-state index in [1.54, 1.807) is 17.8 Å². The van der Waals surface area contributed by atoms with E-state index < -0.39 is 10.0 Å². The molecule has 1 N–H and O–H groups in total. The molecule has 1 unspecified atom stereocenters. The number of rotatable bonds is 7. The van der Waals surface area contributed by atoms with Crippen LogP contribution in [0.25, 0.3) is 0 Å². The van der Waals surface area contributed by atoms with E-state index in [-0.39, 0.29) is 16.8 Å². The molecule has 174 valence electrons. The number of nitrogens with zero attached hydrogens (tertiary/aromatic N) is 3. The largest absolute Gasteiger partial charge is 0.349 e. The first kappa shape index (κ1) is 23.0. The Labute approximate surface area is 191 Å². The second-order valence-electron chi connectivity index (χ2n) is 8.95. The fourth-order valence-corrected chi connectivity index (χ4v) is 6.36. The first-order valence-corrected chi connectivity index (χ1v) is 13.1. The number of hydrogen-bond donors (Lipinski definition) is 1. The Bertz CT molecular complexity index is 1010. The van der Waals surface area contributed by atoms with Crippen molar-refractivity contribution in [2.45, 2.75) is 56.0 Å². The molecule has 2 aromatic rings. The van der Waals surface area contributed by atoms with E-state index >= 15 is 0 Å². The zero-order valence-electron chi connectivity index (χ0n) is 18.9. The van der Waals surface area contributed by atoms with Crippen molar-refractivity contribution in [1.29, 1.82) is 0 Å². The summed E-state index contributed by atoms with van der Waals surface area (Å²) in [6.45, 7) is 3.57. The minimum atomic E-state index is -3.55. The summed E-state index contributed by atoms with van der Waals surface area (Å²) in [6, 6.07) is 12.2. The number of aryl methyl sites for hydroxylation is 1. The summed E-state index contributed by atoms with van der Waals surface area (Å²) in [6.07, 6.45) is 7.79. The lowest BCUT2D eigenvalue weighted by atomic mass is 10.0. The molecule has 0 saturated carbocycles. The van der Waals surface area contributed by atoms with Crippen LogP contribution in [0.4, 0.5) is 0 Å². The van der Waals surface area contributed by atoms with E-state index in [0.29, 0.717) is 25.3 Å². The topological polar surface area (TPSA) is 74.6 Å². The maximum Gasteiger partial charge on any atom is 0.267 e. The molecule has 2 aliphatic heterocycles. The molecule has 1 atom stereocenters. The predicted octanol–water partition coefficient (Wildman–Crippen LogP) is 2.98. The number of amides is 1. The normalized spacial score (nSPS) is 20.8. The number of benzene rings is 1. The lowest BCUT2D eigenvalue weighted by Crippen LogP contribution is -2.46. The Hall–Kier alpha value is -2.16. The van der Waals surface area contributed by atoms with Crippen LogP contribution in [0.1, 0.15) is 54.6 Å². The van der Waals surface area contributed by atoms with Crippen molar-refractivity contribution in [2.24, 2.45) is 7.05 Å². The summed E-state index contributed by atoms with van der Waals surface area (Å²) in [7, 11) is -1.82. The number of sulfonamides is 1. The van der Waals surface area contributed by atoms with E-state index in [9.17, 15) is 13.2 Å². The van der Waals surface area contributed by atoms with Crippen molar-refractivity contribution in [3.8, 4) is 0 Å². The molecule has 2 fully saturated rings. The third-order valence-corrected chi connectivity index (χ3v) is 8.51. The maximum atomic E-state index is 13.0. The molecule has 1 aromatic heterocycles. The number of piperidine rings is 2. The van der Waals surface area contributed by atoms with Gasteiger partial charge >= 0.3 is 0 Å². The van der Waals surface area contributed by atoms with Gasteiger partial charge < -0.3 is 9.88 Å². The minimum absolute atomic E-state index is 0.204. The minimum Gasteiger partial charge on any atom is -0.349 e. The molecule has 0 aliphatic carbocycles. The Morgan fingerprint density at radius 2 is 1.75 bits per heavy atom. The van der Waals surface area contributed by atoms with Crippen LogP contribution < -0.4 is 5.32 Å². The molecule has 1 amide bonds. The predicted molar refractivity (Wildman–Crippen MR) is 125 cm³/mol. The highest BCUT2D eigenvalue weighted by Crippen LogP contribution is 2.23. The zero-order valence-corrected chi connectivity index (χ0v) is 19.7. The standard InChI is InChI=1S/C24H34N4O3S/c1-26-19-22(32(30,31)28-14-7-3-8-15-28)16-23(26)24(29)25-17-21-12-6-9-13-27(21)18-20-10-4-2-5-11-20/h2,4-5,10-11,16,19,21H,3,6-9,12-15,17-18H2,1H3,(H,25,29). The number of aromatic nitrogens is 1. The van der Waals surface area contributed by atoms with Crippen molar-refractivity contribution < 1.29 is 13.2 Å². The molecule has 0 radical (unpaired) electrons. The summed E-state index contributed by atoms with van der Waals surface area (Å²) in [5.74, 6) is -0.224. The van der Waals surface area contributed by atoms with Crippen LogP contribution in [0, 0.1) is 0 Å². The van der Waals surface area contributed by atoms with E-state index in [1.165, 1.54) is 22.4 Å². The SMILES string of the molecule is Cn1cc(S(=O)(=O)N2CCCCC2)cc1C(=O)NCC1CCCCN1Cc1ccccc1. The maximum absolute atomic E-state index is 13.0. The Morgan fingerprint density at radius 3 is 2.50 bits per heavy atom. The molecule has 0 spiro atoms. The molecule has 7 nitrogen and oxygen atoms in total. The van der Waals surface area contributed by atoms with Crippen molar-refractivity contribution >= 4 is 15.9 Å². The molecule has 3 heterocycles. The monoisotopic (exact) mass is 458 g/mol. The van der Waals surface area contributed by atoms with Gasteiger partial charge in [0.05, 0.1) is 0 Å². The summed E-state index contributed by atoms with van der Waals surface area (Å²) in [4.78, 5) is 15.6. The molecule has 4 rings (SSSR count). The number of carbonyl (C=O) groups excluding carboxylic acids is 1. The van der Waals surface area contributed by atoms with Crippen molar-refractivity contribution in [1.82, 2.24) is 19.1 Å². The van der Waals surface area contributed by atoms with E-state index in [4.69, 9.17) is 0 Å². The van der Waals surface area contributed by atoms with Gasteiger partial charge in [-0.15, -0.1) is 0 Å². The van der Waals surface area contributed by atoms with Crippen molar-refractivity contribution in [2.75, 3.05) is 26.2 Å². The first-order valence-electron chi connectivity index (χ1n) is 11.7. The van der Waals surface area contributed by atoms with Gasteiger partial charge in [0, 0.05) is 45.5 Å². The molecule has 8 heteroatoms. The van der Waals surface area contributed by atoms with E-state index in [0.717, 1.165) is 45.2 Å². The Balaban J connectivity index is 1.40. The lowest BCUT2D eigenvalue weighted by Gasteiger charge is -2.35. The molecule has 2 aliphatic rings. The summed E-state index contributed by atoms with van der Waals surface area (Å²) < 4.78 is 29.1. The lowest BCUT2D eigenvalue weighted by molar-refractivity contribution is 0.0900. The van der Waals surface area contributed by atoms with Gasteiger partial charge in [-0.2, -0.15) is 4.31 Å². The van der Waals surface area contributed by atoms with Crippen LogP contribution in [0.15, 0.2) is 47.5 Å². The van der Waals surface area contributed by atoms with Gasteiger partial charge in [-0.1, -0.05) is 43.2 Å². The molecular weight excluding hydrogens is 424 g/mol. The molecule has 0 bridgehead atoms. The fourth-order valence-electron chi connectivity index (χ4n) is 4.77. The number of nitrogens with one attached hydrogen (secondary N) is 1. The van der Waals surface area contributed by atoms with Crippen molar-refractivity contribution in [3.05, 3.63) is 53.9 Å². The highest BCUT2D eigenvalue weighted by Gasteiger charge is 2.29. The summed E-state index contributed by atoms with van der Waals surface area (Å²) in [5, 5.41) is 3.06. The summed E-state index contributed by atoms with van der Waals surface area (Å²) in [5.41, 5.74) is 1.66. The fraction of sp³-hybridized carbons (Fsp3) is 0.542. The molecule has 32 heavy (non-hydrogen) atoms. The first-order chi connectivity index (χ1) is 15.4. The Morgan fingerprint density at radius 1 is 1.03 bits per heavy atom. The third-order valence-electron chi connectivity index (χ3n) is 6.64. The average molecular weight is 459 g/mol. The number of carbonyl (C=O) groups is 1. The van der Waals surface area contributed by atoms with Crippen LogP contribution >= 0.6 is 0 Å². The van der Waals surface area contributed by atoms with Gasteiger partial charge in [0.1, 0.15) is 10.6 Å². The quantitative estimate of drug-likeness (QED) is 0.692. The molecular formula is C24H34N4O3S. The van der Waals surface area contributed by atoms with Gasteiger partial charge in [-0.25, -0.2) is 8.42 Å². The van der Waals surface area contributed by atoms with Gasteiger partial charge in [0.25, 0.3) is 5.91 Å². The van der Waals surface area contributed by atoms with Crippen molar-refractivity contribution in [3.63, 3.8) is 0 Å². The van der Waals surface area contributed by atoms with Crippen LogP contribution in [0.3, 0.4) is 0 Å². The van der Waals surface area contributed by atoms with Gasteiger partial charge in [-0.3, -0.25) is 9.69 Å². The summed E-state index contributed by atoms with van der Waals surface area (Å²) >= 11 is 0. The van der Waals surface area contributed by atoms with Crippen LogP contribution in [0.2, 0.25) is 0 Å². The molecule has 2 saturated heterocycles. The zero-order chi connectivity index (χ0) is 22.6. The van der Waals surface area contributed by atoms with Crippen LogP contribution in [-0.2, 0) is 23.6 Å². The number of hydrogen-bond acceptors (Lipinski definition) is 4. The van der Waals surface area contributed by atoms with Gasteiger partial charge in [-0.05, 0) is 43.9 Å².